The number of aliphatic carboxylic acids is 1. The van der Waals surface area contributed by atoms with Gasteiger partial charge in [-0.05, 0) is 30.4 Å². The first kappa shape index (κ1) is 11.4. The standard InChI is InChI=1S/C12H7ClO4/c13-8-2-3-10-9(5-8)12(16)7(6-17-10)1-4-11(14)15/h1-6H,(H,14,15)/p-1. The fraction of sp³-hybridized carbons (Fsp3) is 0. The number of carboxylic acids is 1. The van der Waals surface area contributed by atoms with E-state index in [1.807, 2.05) is 0 Å². The minimum absolute atomic E-state index is 0.129. The fourth-order valence-corrected chi connectivity index (χ4v) is 1.56. The third kappa shape index (κ3) is 2.37. The molecule has 17 heavy (non-hydrogen) atoms. The van der Waals surface area contributed by atoms with Crippen molar-refractivity contribution >= 4 is 34.6 Å². The van der Waals surface area contributed by atoms with E-state index in [-0.39, 0.29) is 11.0 Å². The van der Waals surface area contributed by atoms with Gasteiger partial charge in [-0.2, -0.15) is 0 Å². The average molecular weight is 250 g/mol. The van der Waals surface area contributed by atoms with E-state index in [0.717, 1.165) is 12.2 Å². The second kappa shape index (κ2) is 4.43. The van der Waals surface area contributed by atoms with Gasteiger partial charge in [0.1, 0.15) is 11.8 Å². The van der Waals surface area contributed by atoms with Crippen LogP contribution in [0.25, 0.3) is 17.0 Å². The molecule has 0 fully saturated rings. The van der Waals surface area contributed by atoms with Crippen molar-refractivity contribution in [1.29, 1.82) is 0 Å². The number of carbonyl (C=O) groups excluding carboxylic acids is 1. The summed E-state index contributed by atoms with van der Waals surface area (Å²) < 4.78 is 5.19. The zero-order valence-electron chi connectivity index (χ0n) is 8.48. The molecular formula is C12H6ClO4-. The summed E-state index contributed by atoms with van der Waals surface area (Å²) in [6.45, 7) is 0. The quantitative estimate of drug-likeness (QED) is 0.750. The number of fused-ring (bicyclic) bond motifs is 1. The van der Waals surface area contributed by atoms with Gasteiger partial charge < -0.3 is 14.3 Å². The van der Waals surface area contributed by atoms with Crippen molar-refractivity contribution in [2.75, 3.05) is 0 Å². The Labute approximate surface area is 101 Å². The second-order valence-corrected chi connectivity index (χ2v) is 3.75. The molecule has 0 bridgehead atoms. The van der Waals surface area contributed by atoms with Gasteiger partial charge in [-0.15, -0.1) is 0 Å². The van der Waals surface area contributed by atoms with Crippen LogP contribution < -0.4 is 10.5 Å². The van der Waals surface area contributed by atoms with Crippen molar-refractivity contribution in [2.24, 2.45) is 0 Å². The molecule has 0 atom stereocenters. The maximum Gasteiger partial charge on any atom is 0.199 e. The molecule has 0 saturated heterocycles. The fourth-order valence-electron chi connectivity index (χ4n) is 1.39. The maximum absolute atomic E-state index is 11.9. The first-order valence-corrected chi connectivity index (χ1v) is 5.06. The van der Waals surface area contributed by atoms with E-state index < -0.39 is 5.97 Å². The number of benzene rings is 1. The number of rotatable bonds is 2. The highest BCUT2D eigenvalue weighted by Crippen LogP contribution is 2.17. The summed E-state index contributed by atoms with van der Waals surface area (Å²) in [5.74, 6) is -1.38. The van der Waals surface area contributed by atoms with Crippen molar-refractivity contribution < 1.29 is 14.3 Å². The van der Waals surface area contributed by atoms with Crippen LogP contribution in [-0.4, -0.2) is 5.97 Å². The molecular weight excluding hydrogens is 244 g/mol. The van der Waals surface area contributed by atoms with Crippen molar-refractivity contribution in [3.05, 3.63) is 51.3 Å². The molecule has 2 aromatic rings. The van der Waals surface area contributed by atoms with Crippen LogP contribution in [0.5, 0.6) is 0 Å². The lowest BCUT2D eigenvalue weighted by Crippen LogP contribution is -2.18. The highest BCUT2D eigenvalue weighted by atomic mass is 35.5. The van der Waals surface area contributed by atoms with Crippen LogP contribution in [0.4, 0.5) is 0 Å². The van der Waals surface area contributed by atoms with Crippen molar-refractivity contribution in [2.45, 2.75) is 0 Å². The molecule has 5 heteroatoms. The molecule has 1 aromatic heterocycles. The third-order valence-electron chi connectivity index (χ3n) is 2.16. The summed E-state index contributed by atoms with van der Waals surface area (Å²) in [6, 6.07) is 4.65. The molecule has 86 valence electrons. The Morgan fingerprint density at radius 1 is 1.41 bits per heavy atom. The van der Waals surface area contributed by atoms with Gasteiger partial charge in [-0.25, -0.2) is 0 Å². The highest BCUT2D eigenvalue weighted by Gasteiger charge is 2.05. The van der Waals surface area contributed by atoms with Gasteiger partial charge >= 0.3 is 0 Å². The van der Waals surface area contributed by atoms with E-state index in [9.17, 15) is 14.7 Å². The van der Waals surface area contributed by atoms with Crippen LogP contribution in [0.2, 0.25) is 5.02 Å². The minimum atomic E-state index is -1.38. The van der Waals surface area contributed by atoms with E-state index in [2.05, 4.69) is 0 Å². The highest BCUT2D eigenvalue weighted by molar-refractivity contribution is 6.31. The molecule has 0 aliphatic rings. The van der Waals surface area contributed by atoms with Gasteiger partial charge in [0.05, 0.1) is 16.9 Å². The lowest BCUT2D eigenvalue weighted by Gasteiger charge is -1.99. The van der Waals surface area contributed by atoms with Gasteiger partial charge in [-0.1, -0.05) is 11.6 Å². The summed E-state index contributed by atoms with van der Waals surface area (Å²) in [4.78, 5) is 22.2. The zero-order chi connectivity index (χ0) is 12.4. The van der Waals surface area contributed by atoms with Crippen molar-refractivity contribution in [3.8, 4) is 0 Å². The number of hydrogen-bond acceptors (Lipinski definition) is 4. The molecule has 0 unspecified atom stereocenters. The minimum Gasteiger partial charge on any atom is -0.545 e. The van der Waals surface area contributed by atoms with Crippen molar-refractivity contribution in [1.82, 2.24) is 0 Å². The van der Waals surface area contributed by atoms with Gasteiger partial charge in [0.25, 0.3) is 0 Å². The zero-order valence-corrected chi connectivity index (χ0v) is 9.23. The number of hydrogen-bond donors (Lipinski definition) is 0. The van der Waals surface area contributed by atoms with Crippen LogP contribution in [0, 0.1) is 0 Å². The van der Waals surface area contributed by atoms with Gasteiger partial charge in [-0.3, -0.25) is 4.79 Å². The van der Waals surface area contributed by atoms with Crippen LogP contribution >= 0.6 is 11.6 Å². The maximum atomic E-state index is 11.9. The van der Waals surface area contributed by atoms with Crippen LogP contribution in [0.3, 0.4) is 0 Å². The Morgan fingerprint density at radius 3 is 2.88 bits per heavy atom. The Hall–Kier alpha value is -2.07. The van der Waals surface area contributed by atoms with E-state index in [1.165, 1.54) is 12.3 Å². The molecule has 0 aliphatic heterocycles. The topological polar surface area (TPSA) is 70.3 Å². The molecule has 0 N–H and O–H groups in total. The van der Waals surface area contributed by atoms with E-state index in [0.29, 0.717) is 16.0 Å². The lowest BCUT2D eigenvalue weighted by molar-refractivity contribution is -0.297. The Balaban J connectivity index is 2.65. The van der Waals surface area contributed by atoms with Crippen LogP contribution in [0.1, 0.15) is 5.56 Å². The van der Waals surface area contributed by atoms with Crippen molar-refractivity contribution in [3.63, 3.8) is 0 Å². The van der Waals surface area contributed by atoms with E-state index in [1.54, 1.807) is 12.1 Å². The summed E-state index contributed by atoms with van der Waals surface area (Å²) in [5.41, 5.74) is 0.181. The monoisotopic (exact) mass is 249 g/mol. The molecule has 1 aromatic carbocycles. The molecule has 1 heterocycles. The molecule has 0 radical (unpaired) electrons. The second-order valence-electron chi connectivity index (χ2n) is 3.31. The number of halogens is 1. The van der Waals surface area contributed by atoms with E-state index >= 15 is 0 Å². The summed E-state index contributed by atoms with van der Waals surface area (Å²) >= 11 is 5.77. The predicted octanol–water partition coefficient (Wildman–Crippen LogP) is 1.21. The van der Waals surface area contributed by atoms with Gasteiger partial charge in [0, 0.05) is 5.02 Å². The third-order valence-corrected chi connectivity index (χ3v) is 2.40. The SMILES string of the molecule is O=C([O-])C=Cc1coc2ccc(Cl)cc2c1=O. The number of carbonyl (C=O) groups is 1. The predicted molar refractivity (Wildman–Crippen MR) is 61.5 cm³/mol. The smallest absolute Gasteiger partial charge is 0.199 e. The average Bonchev–Trinajstić information content (AvgIpc) is 2.29. The largest absolute Gasteiger partial charge is 0.545 e. The molecule has 2 rings (SSSR count). The van der Waals surface area contributed by atoms with Crippen LogP contribution in [0.15, 0.2) is 39.7 Å². The normalized spacial score (nSPS) is 11.1. The Kier molecular flexibility index (Phi) is 2.97. The summed E-state index contributed by atoms with van der Waals surface area (Å²) in [7, 11) is 0. The Bertz CT molecular complexity index is 670. The molecule has 0 amide bonds. The summed E-state index contributed by atoms with van der Waals surface area (Å²) in [5, 5.41) is 11.0. The molecule has 0 saturated carbocycles. The molecule has 4 nitrogen and oxygen atoms in total. The van der Waals surface area contributed by atoms with Gasteiger partial charge in [0.15, 0.2) is 5.43 Å². The Morgan fingerprint density at radius 2 is 2.18 bits per heavy atom. The van der Waals surface area contributed by atoms with Crippen LogP contribution in [-0.2, 0) is 4.79 Å². The number of carboxylic acid groups (broad SMARTS) is 1. The molecule has 0 aliphatic carbocycles. The first-order valence-electron chi connectivity index (χ1n) is 4.68. The molecule has 0 spiro atoms. The van der Waals surface area contributed by atoms with Gasteiger partial charge in [0.2, 0.25) is 0 Å². The lowest BCUT2D eigenvalue weighted by atomic mass is 10.1. The van der Waals surface area contributed by atoms with E-state index in [4.69, 9.17) is 16.0 Å². The first-order chi connectivity index (χ1) is 8.08. The summed E-state index contributed by atoms with van der Waals surface area (Å²) in [6.07, 6.45) is 3.09.